The smallest absolute Gasteiger partial charge is 0.180 e. The van der Waals surface area contributed by atoms with Crippen LogP contribution in [0.2, 0.25) is 0 Å². The molecule has 0 spiro atoms. The number of anilines is 1. The quantitative estimate of drug-likeness (QED) is 0.865. The minimum absolute atomic E-state index is 0. The minimum Gasteiger partial charge on any atom is -0.497 e. The number of fused-ring (bicyclic) bond motifs is 3. The molecule has 0 saturated heterocycles. The molecule has 1 aromatic carbocycles. The molecule has 2 aromatic rings. The maximum absolute atomic E-state index is 5.75. The largest absolute Gasteiger partial charge is 0.497 e. The Balaban J connectivity index is 0.00000108. The fourth-order valence-corrected chi connectivity index (χ4v) is 2.98. The van der Waals surface area contributed by atoms with E-state index >= 15 is 0 Å². The lowest BCUT2D eigenvalue weighted by Gasteiger charge is -2.15. The van der Waals surface area contributed by atoms with Gasteiger partial charge < -0.3 is 10.5 Å². The van der Waals surface area contributed by atoms with Crippen molar-refractivity contribution >= 4 is 28.9 Å². The Hall–Kier alpha value is -1.26. The average Bonchev–Trinajstić information content (AvgIpc) is 2.69. The number of thiazole rings is 1. The van der Waals surface area contributed by atoms with Crippen LogP contribution in [-0.4, -0.2) is 12.1 Å². The predicted octanol–water partition coefficient (Wildman–Crippen LogP) is 2.92. The van der Waals surface area contributed by atoms with E-state index in [1.165, 1.54) is 16.0 Å². The standard InChI is InChI=1S/C12H12N2OS.ClH/c1-15-8-3-4-9-7(6-8)2-5-10-11(9)14-12(13)16-10;/h3-4,6H,2,5H2,1H3,(H2,13,14);1H. The third-order valence-electron chi connectivity index (χ3n) is 2.90. The molecule has 0 radical (unpaired) electrons. The Bertz CT molecular complexity index is 553. The Morgan fingerprint density at radius 2 is 2.18 bits per heavy atom. The molecule has 90 valence electrons. The summed E-state index contributed by atoms with van der Waals surface area (Å²) >= 11 is 1.60. The summed E-state index contributed by atoms with van der Waals surface area (Å²) in [6, 6.07) is 6.14. The summed E-state index contributed by atoms with van der Waals surface area (Å²) < 4.78 is 5.23. The van der Waals surface area contributed by atoms with Crippen molar-refractivity contribution in [3.63, 3.8) is 0 Å². The summed E-state index contributed by atoms with van der Waals surface area (Å²) in [5, 5.41) is 0.661. The second-order valence-corrected chi connectivity index (χ2v) is 4.96. The summed E-state index contributed by atoms with van der Waals surface area (Å²) in [6.45, 7) is 0. The van der Waals surface area contributed by atoms with Crippen LogP contribution in [0.1, 0.15) is 10.4 Å². The fourth-order valence-electron chi connectivity index (χ4n) is 2.13. The van der Waals surface area contributed by atoms with Crippen LogP contribution in [-0.2, 0) is 12.8 Å². The molecule has 3 rings (SSSR count). The number of hydrogen-bond acceptors (Lipinski definition) is 4. The molecule has 0 atom stereocenters. The zero-order chi connectivity index (χ0) is 11.1. The summed E-state index contributed by atoms with van der Waals surface area (Å²) in [5.41, 5.74) is 9.32. The van der Waals surface area contributed by atoms with Crippen molar-refractivity contribution in [1.29, 1.82) is 0 Å². The van der Waals surface area contributed by atoms with Crippen molar-refractivity contribution in [3.05, 3.63) is 28.6 Å². The Labute approximate surface area is 110 Å². The van der Waals surface area contributed by atoms with Crippen LogP contribution in [0.4, 0.5) is 5.13 Å². The number of ether oxygens (including phenoxy) is 1. The Morgan fingerprint density at radius 3 is 2.94 bits per heavy atom. The first kappa shape index (κ1) is 12.2. The maximum atomic E-state index is 5.75. The first-order valence-corrected chi connectivity index (χ1v) is 6.02. The number of hydrogen-bond donors (Lipinski definition) is 1. The third kappa shape index (κ3) is 1.98. The van der Waals surface area contributed by atoms with Gasteiger partial charge in [0, 0.05) is 10.4 Å². The second kappa shape index (κ2) is 4.55. The van der Waals surface area contributed by atoms with Gasteiger partial charge in [0.1, 0.15) is 5.75 Å². The van der Waals surface area contributed by atoms with Crippen LogP contribution in [0.5, 0.6) is 5.75 Å². The van der Waals surface area contributed by atoms with E-state index in [-0.39, 0.29) is 12.4 Å². The van der Waals surface area contributed by atoms with E-state index in [1.54, 1.807) is 18.4 Å². The number of nitrogen functional groups attached to an aromatic ring is 1. The average molecular weight is 269 g/mol. The van der Waals surface area contributed by atoms with E-state index in [4.69, 9.17) is 10.5 Å². The van der Waals surface area contributed by atoms with Crippen LogP contribution in [0.15, 0.2) is 18.2 Å². The molecule has 0 aliphatic heterocycles. The van der Waals surface area contributed by atoms with E-state index in [0.717, 1.165) is 24.3 Å². The molecule has 1 aromatic heterocycles. The lowest BCUT2D eigenvalue weighted by atomic mass is 9.93. The maximum Gasteiger partial charge on any atom is 0.180 e. The number of aromatic nitrogens is 1. The number of nitrogens with two attached hydrogens (primary N) is 1. The summed E-state index contributed by atoms with van der Waals surface area (Å²) in [7, 11) is 1.69. The third-order valence-corrected chi connectivity index (χ3v) is 3.85. The number of benzene rings is 1. The van der Waals surface area contributed by atoms with Gasteiger partial charge in [-0.3, -0.25) is 0 Å². The van der Waals surface area contributed by atoms with Crippen LogP contribution in [0.25, 0.3) is 11.3 Å². The molecule has 1 heterocycles. The fraction of sp³-hybridized carbons (Fsp3) is 0.250. The molecule has 3 nitrogen and oxygen atoms in total. The molecule has 0 bridgehead atoms. The highest BCUT2D eigenvalue weighted by Crippen LogP contribution is 2.38. The zero-order valence-corrected chi connectivity index (χ0v) is 11.0. The van der Waals surface area contributed by atoms with Gasteiger partial charge in [0.2, 0.25) is 0 Å². The molecule has 0 amide bonds. The highest BCUT2D eigenvalue weighted by Gasteiger charge is 2.20. The molecule has 17 heavy (non-hydrogen) atoms. The summed E-state index contributed by atoms with van der Waals surface area (Å²) in [6.07, 6.45) is 2.07. The highest BCUT2D eigenvalue weighted by molar-refractivity contribution is 7.15. The monoisotopic (exact) mass is 268 g/mol. The van der Waals surface area contributed by atoms with Crippen LogP contribution in [0.3, 0.4) is 0 Å². The van der Waals surface area contributed by atoms with Gasteiger partial charge in [0.05, 0.1) is 12.8 Å². The van der Waals surface area contributed by atoms with Gasteiger partial charge in [-0.2, -0.15) is 0 Å². The highest BCUT2D eigenvalue weighted by atomic mass is 35.5. The van der Waals surface area contributed by atoms with Gasteiger partial charge in [0.25, 0.3) is 0 Å². The molecule has 0 fully saturated rings. The van der Waals surface area contributed by atoms with Crippen LogP contribution >= 0.6 is 23.7 Å². The van der Waals surface area contributed by atoms with E-state index in [9.17, 15) is 0 Å². The zero-order valence-electron chi connectivity index (χ0n) is 9.40. The Morgan fingerprint density at radius 1 is 1.35 bits per heavy atom. The molecular formula is C12H13ClN2OS. The first-order valence-electron chi connectivity index (χ1n) is 5.20. The molecule has 1 aliphatic carbocycles. The number of aryl methyl sites for hydroxylation is 2. The number of nitrogens with zero attached hydrogens (tertiary/aromatic N) is 1. The van der Waals surface area contributed by atoms with E-state index in [1.807, 2.05) is 6.07 Å². The predicted molar refractivity (Wildman–Crippen MR) is 73.2 cm³/mol. The number of halogens is 1. The number of methoxy groups -OCH3 is 1. The minimum atomic E-state index is 0. The van der Waals surface area contributed by atoms with Gasteiger partial charge in [-0.1, -0.05) is 0 Å². The van der Waals surface area contributed by atoms with E-state index in [0.29, 0.717) is 5.13 Å². The van der Waals surface area contributed by atoms with Crippen molar-refractivity contribution in [2.75, 3.05) is 12.8 Å². The van der Waals surface area contributed by atoms with Crippen LogP contribution in [0, 0.1) is 0 Å². The Kier molecular flexibility index (Phi) is 3.26. The summed E-state index contributed by atoms with van der Waals surface area (Å²) in [4.78, 5) is 5.70. The molecule has 5 heteroatoms. The van der Waals surface area contributed by atoms with Crippen molar-refractivity contribution in [1.82, 2.24) is 4.98 Å². The lowest BCUT2D eigenvalue weighted by Crippen LogP contribution is -2.02. The van der Waals surface area contributed by atoms with Crippen molar-refractivity contribution < 1.29 is 4.74 Å². The molecule has 2 N–H and O–H groups in total. The lowest BCUT2D eigenvalue weighted by molar-refractivity contribution is 0.414. The SMILES string of the molecule is COc1ccc2c(c1)CCc1sc(N)nc1-2.Cl. The molecule has 1 aliphatic rings. The normalized spacial score (nSPS) is 12.3. The molecule has 0 unspecified atom stereocenters. The number of rotatable bonds is 1. The van der Waals surface area contributed by atoms with Gasteiger partial charge >= 0.3 is 0 Å². The second-order valence-electron chi connectivity index (χ2n) is 3.85. The van der Waals surface area contributed by atoms with Crippen molar-refractivity contribution in [3.8, 4) is 17.0 Å². The van der Waals surface area contributed by atoms with Gasteiger partial charge in [0.15, 0.2) is 5.13 Å². The van der Waals surface area contributed by atoms with E-state index in [2.05, 4.69) is 17.1 Å². The van der Waals surface area contributed by atoms with Gasteiger partial charge in [-0.25, -0.2) is 4.98 Å². The first-order chi connectivity index (χ1) is 7.78. The van der Waals surface area contributed by atoms with Crippen LogP contribution < -0.4 is 10.5 Å². The topological polar surface area (TPSA) is 48.1 Å². The van der Waals surface area contributed by atoms with Crippen molar-refractivity contribution in [2.45, 2.75) is 12.8 Å². The van der Waals surface area contributed by atoms with Gasteiger partial charge in [-0.15, -0.1) is 23.7 Å². The summed E-state index contributed by atoms with van der Waals surface area (Å²) in [5.74, 6) is 0.908. The van der Waals surface area contributed by atoms with E-state index < -0.39 is 0 Å². The molecule has 0 saturated carbocycles. The molecular weight excluding hydrogens is 256 g/mol. The van der Waals surface area contributed by atoms with Gasteiger partial charge in [-0.05, 0) is 36.6 Å². The van der Waals surface area contributed by atoms with Crippen molar-refractivity contribution in [2.24, 2.45) is 0 Å².